The topological polar surface area (TPSA) is 79.3 Å². The Hall–Kier alpha value is -2.06. The summed E-state index contributed by atoms with van der Waals surface area (Å²) in [6.07, 6.45) is 4.66. The van der Waals surface area contributed by atoms with Crippen LogP contribution in [0.1, 0.15) is 12.0 Å². The van der Waals surface area contributed by atoms with Gasteiger partial charge in [-0.2, -0.15) is 0 Å². The van der Waals surface area contributed by atoms with E-state index in [1.54, 1.807) is 29.2 Å². The summed E-state index contributed by atoms with van der Waals surface area (Å²) in [5.74, 6) is -1.64. The summed E-state index contributed by atoms with van der Waals surface area (Å²) in [7, 11) is 0. The van der Waals surface area contributed by atoms with Gasteiger partial charge in [-0.05, 0) is 54.2 Å². The number of nitrogens with one attached hydrogen (secondary N) is 1. The van der Waals surface area contributed by atoms with Gasteiger partial charge in [0.25, 0.3) is 0 Å². The largest absolute Gasteiger partial charge is 0.481 e. The lowest BCUT2D eigenvalue weighted by Crippen LogP contribution is -2.36. The predicted molar refractivity (Wildman–Crippen MR) is 130 cm³/mol. The van der Waals surface area contributed by atoms with E-state index < -0.39 is 17.8 Å². The molecule has 164 valence electrons. The minimum Gasteiger partial charge on any atom is -0.481 e. The molecule has 0 spiro atoms. The first-order valence-electron chi connectivity index (χ1n) is 10.1. The molecule has 32 heavy (non-hydrogen) atoms. The molecule has 1 amide bonds. The van der Waals surface area contributed by atoms with E-state index in [0.29, 0.717) is 21.5 Å². The first kappa shape index (κ1) is 21.8. The maximum Gasteiger partial charge on any atom is 0.307 e. The molecular weight excluding hydrogens is 487 g/mol. The van der Waals surface area contributed by atoms with Crippen LogP contribution in [-0.4, -0.2) is 22.0 Å². The molecule has 1 fully saturated rings. The minimum absolute atomic E-state index is 0.00221. The number of carbonyl (C=O) groups is 2. The Morgan fingerprint density at radius 2 is 1.88 bits per heavy atom. The third kappa shape index (κ3) is 4.15. The van der Waals surface area contributed by atoms with Crippen molar-refractivity contribution in [2.75, 3.05) is 5.32 Å². The van der Waals surface area contributed by atoms with Crippen LogP contribution in [0, 0.1) is 23.7 Å². The molecule has 4 atom stereocenters. The van der Waals surface area contributed by atoms with Crippen molar-refractivity contribution in [2.45, 2.75) is 16.5 Å². The minimum atomic E-state index is -0.899. The number of rotatable bonds is 6. The molecule has 1 saturated carbocycles. The van der Waals surface area contributed by atoms with Gasteiger partial charge in [0, 0.05) is 11.4 Å². The zero-order valence-electron chi connectivity index (χ0n) is 16.6. The van der Waals surface area contributed by atoms with E-state index >= 15 is 0 Å². The molecule has 1 heterocycles. The molecule has 5 rings (SSSR count). The van der Waals surface area contributed by atoms with Gasteiger partial charge >= 0.3 is 5.97 Å². The highest BCUT2D eigenvalue weighted by atomic mass is 35.5. The molecule has 0 unspecified atom stereocenters. The second-order valence-electron chi connectivity index (χ2n) is 8.03. The number of nitrogens with zero attached hydrogens (tertiary/aromatic N) is 1. The maximum atomic E-state index is 12.9. The summed E-state index contributed by atoms with van der Waals surface area (Å²) >= 11 is 15.2. The number of benzene rings is 2. The Morgan fingerprint density at radius 1 is 1.09 bits per heavy atom. The predicted octanol–water partition coefficient (Wildman–Crippen LogP) is 6.36. The van der Waals surface area contributed by atoms with Crippen LogP contribution >= 0.6 is 46.3 Å². The van der Waals surface area contributed by atoms with E-state index in [4.69, 9.17) is 23.2 Å². The van der Waals surface area contributed by atoms with Crippen molar-refractivity contribution in [3.8, 4) is 0 Å². The van der Waals surface area contributed by atoms with Gasteiger partial charge in [0.1, 0.15) is 0 Å². The highest BCUT2D eigenvalue weighted by Gasteiger charge is 2.51. The van der Waals surface area contributed by atoms with Gasteiger partial charge < -0.3 is 10.4 Å². The molecule has 1 aromatic heterocycles. The summed E-state index contributed by atoms with van der Waals surface area (Å²) in [6, 6.07) is 11.2. The molecular formula is C23H18Cl2N2O3S2. The lowest BCUT2D eigenvalue weighted by atomic mass is 9.82. The fourth-order valence-corrected chi connectivity index (χ4v) is 6.93. The van der Waals surface area contributed by atoms with Gasteiger partial charge in [-0.3, -0.25) is 9.59 Å². The van der Waals surface area contributed by atoms with Gasteiger partial charge in [0.2, 0.25) is 5.91 Å². The summed E-state index contributed by atoms with van der Waals surface area (Å²) in [5, 5.41) is 13.6. The number of amides is 1. The number of carbonyl (C=O) groups excluding carboxylic acids is 1. The first-order valence-corrected chi connectivity index (χ1v) is 12.6. The van der Waals surface area contributed by atoms with E-state index in [2.05, 4.69) is 10.3 Å². The summed E-state index contributed by atoms with van der Waals surface area (Å²) in [4.78, 5) is 29.3. The molecule has 2 N–H and O–H groups in total. The SMILES string of the molecule is O=C(O)[C@H]1[C@H](C(=O)Nc2ccc3nc(SCc4ccc(Cl)c(Cl)c4)sc3c2)[C@H]2C=C[C@H]1C2. The molecule has 3 aromatic rings. The standard InChI is InChI=1S/C23H18Cl2N2O3S2/c24-15-5-1-11(7-16(15)25)10-31-23-27-17-6-4-14(9-18(17)32-23)26-21(28)19-12-2-3-13(8-12)20(19)22(29)30/h1-7,9,12-13,19-20H,8,10H2,(H,26,28)(H,29,30)/t12-,13-,19+,20+/m0/s1. The number of halogens is 2. The summed E-state index contributed by atoms with van der Waals surface area (Å²) in [5.41, 5.74) is 2.57. The normalized spacial score (nSPS) is 23.7. The number of hydrogen-bond acceptors (Lipinski definition) is 5. The fraction of sp³-hybridized carbons (Fsp3) is 0.261. The Balaban J connectivity index is 1.28. The average molecular weight is 505 g/mol. The number of hydrogen-bond donors (Lipinski definition) is 2. The number of carboxylic acid groups (broad SMARTS) is 1. The zero-order valence-corrected chi connectivity index (χ0v) is 19.8. The molecule has 5 nitrogen and oxygen atoms in total. The summed E-state index contributed by atoms with van der Waals surface area (Å²) < 4.78 is 1.88. The van der Waals surface area contributed by atoms with Gasteiger partial charge in [0.15, 0.2) is 4.34 Å². The van der Waals surface area contributed by atoms with Crippen LogP contribution in [0.4, 0.5) is 5.69 Å². The molecule has 0 radical (unpaired) electrons. The van der Waals surface area contributed by atoms with E-state index in [1.807, 2.05) is 42.5 Å². The van der Waals surface area contributed by atoms with Gasteiger partial charge in [-0.25, -0.2) is 4.98 Å². The third-order valence-corrected chi connectivity index (χ3v) is 9.00. The number of aliphatic carboxylic acids is 1. The monoisotopic (exact) mass is 504 g/mol. The summed E-state index contributed by atoms with van der Waals surface area (Å²) in [6.45, 7) is 0. The van der Waals surface area contributed by atoms with Crippen molar-refractivity contribution in [3.05, 3.63) is 64.2 Å². The number of thiazole rings is 1. The number of thioether (sulfide) groups is 1. The maximum absolute atomic E-state index is 12.9. The van der Waals surface area contributed by atoms with Crippen molar-refractivity contribution < 1.29 is 14.7 Å². The Morgan fingerprint density at radius 3 is 2.62 bits per heavy atom. The molecule has 2 bridgehead atoms. The molecule has 2 aliphatic rings. The first-order chi connectivity index (χ1) is 15.4. The highest BCUT2D eigenvalue weighted by Crippen LogP contribution is 2.48. The van der Waals surface area contributed by atoms with E-state index in [9.17, 15) is 14.7 Å². The molecule has 2 aliphatic carbocycles. The van der Waals surface area contributed by atoms with Gasteiger partial charge in [0.05, 0.1) is 32.1 Å². The van der Waals surface area contributed by atoms with E-state index in [0.717, 1.165) is 26.5 Å². The van der Waals surface area contributed by atoms with Crippen LogP contribution in [0.2, 0.25) is 10.0 Å². The quantitative estimate of drug-likeness (QED) is 0.301. The second kappa shape index (κ2) is 8.71. The van der Waals surface area contributed by atoms with Crippen molar-refractivity contribution in [2.24, 2.45) is 23.7 Å². The Labute approximate surface area is 202 Å². The highest BCUT2D eigenvalue weighted by molar-refractivity contribution is 8.00. The fourth-order valence-electron chi connectivity index (χ4n) is 4.56. The lowest BCUT2D eigenvalue weighted by Gasteiger charge is -2.23. The number of fused-ring (bicyclic) bond motifs is 3. The number of allylic oxidation sites excluding steroid dienone is 2. The van der Waals surface area contributed by atoms with Crippen molar-refractivity contribution >= 4 is 74.1 Å². The van der Waals surface area contributed by atoms with Crippen LogP contribution in [0.15, 0.2) is 52.9 Å². The van der Waals surface area contributed by atoms with Crippen LogP contribution in [-0.2, 0) is 15.3 Å². The lowest BCUT2D eigenvalue weighted by molar-refractivity contribution is -0.146. The smallest absolute Gasteiger partial charge is 0.307 e. The zero-order chi connectivity index (χ0) is 22.4. The Bertz CT molecular complexity index is 1260. The average Bonchev–Trinajstić information content (AvgIpc) is 3.48. The molecule has 0 aliphatic heterocycles. The van der Waals surface area contributed by atoms with Crippen LogP contribution in [0.3, 0.4) is 0 Å². The number of carboxylic acids is 1. The van der Waals surface area contributed by atoms with E-state index in [1.165, 1.54) is 0 Å². The van der Waals surface area contributed by atoms with Crippen LogP contribution in [0.25, 0.3) is 10.2 Å². The van der Waals surface area contributed by atoms with E-state index in [-0.39, 0.29) is 17.7 Å². The van der Waals surface area contributed by atoms with Crippen molar-refractivity contribution in [1.82, 2.24) is 4.98 Å². The number of anilines is 1. The molecule has 0 saturated heterocycles. The number of aromatic nitrogens is 1. The molecule has 2 aromatic carbocycles. The second-order valence-corrected chi connectivity index (χ2v) is 11.1. The Kier molecular flexibility index (Phi) is 5.92. The van der Waals surface area contributed by atoms with Gasteiger partial charge in [-0.15, -0.1) is 11.3 Å². The van der Waals surface area contributed by atoms with Crippen LogP contribution < -0.4 is 5.32 Å². The van der Waals surface area contributed by atoms with Crippen LogP contribution in [0.5, 0.6) is 0 Å². The molecule has 9 heteroatoms. The van der Waals surface area contributed by atoms with Crippen molar-refractivity contribution in [3.63, 3.8) is 0 Å². The van der Waals surface area contributed by atoms with Crippen molar-refractivity contribution in [1.29, 1.82) is 0 Å². The third-order valence-electron chi connectivity index (χ3n) is 6.03. The van der Waals surface area contributed by atoms with Gasteiger partial charge in [-0.1, -0.05) is 53.2 Å².